The summed E-state index contributed by atoms with van der Waals surface area (Å²) in [5, 5.41) is 0. The number of anilines is 2. The van der Waals surface area contributed by atoms with Crippen molar-refractivity contribution >= 4 is 29.3 Å². The second-order valence-corrected chi connectivity index (χ2v) is 7.98. The zero-order chi connectivity index (χ0) is 22.0. The first kappa shape index (κ1) is 20.6. The number of piperazine rings is 1. The van der Waals surface area contributed by atoms with E-state index < -0.39 is 6.04 Å². The molecule has 0 aliphatic carbocycles. The summed E-state index contributed by atoms with van der Waals surface area (Å²) >= 11 is 0. The van der Waals surface area contributed by atoms with Crippen LogP contribution in [0.15, 0.2) is 78.9 Å². The molecule has 1 aliphatic rings. The van der Waals surface area contributed by atoms with Crippen molar-refractivity contribution in [2.45, 2.75) is 26.8 Å². The van der Waals surface area contributed by atoms with Gasteiger partial charge in [0.15, 0.2) is 0 Å². The van der Waals surface area contributed by atoms with Crippen molar-refractivity contribution < 1.29 is 9.59 Å². The van der Waals surface area contributed by atoms with Crippen LogP contribution in [0.4, 0.5) is 11.4 Å². The summed E-state index contributed by atoms with van der Waals surface area (Å²) in [6, 6.07) is 22.7. The molecule has 3 aromatic carbocycles. The van der Waals surface area contributed by atoms with Gasteiger partial charge < -0.3 is 4.90 Å². The zero-order valence-corrected chi connectivity index (χ0v) is 18.1. The van der Waals surface area contributed by atoms with Crippen molar-refractivity contribution in [1.29, 1.82) is 0 Å². The van der Waals surface area contributed by atoms with E-state index in [2.05, 4.69) is 0 Å². The highest BCUT2D eigenvalue weighted by atomic mass is 16.2. The molecule has 0 aromatic heterocycles. The van der Waals surface area contributed by atoms with Crippen molar-refractivity contribution in [2.24, 2.45) is 0 Å². The third-order valence-electron chi connectivity index (χ3n) is 5.65. The molecule has 4 heteroatoms. The van der Waals surface area contributed by atoms with Gasteiger partial charge in [0.2, 0.25) is 5.91 Å². The fraction of sp³-hybridized carbons (Fsp3) is 0.185. The number of carbonyl (C=O) groups excluding carboxylic acids is 2. The van der Waals surface area contributed by atoms with Gasteiger partial charge in [-0.3, -0.25) is 14.5 Å². The summed E-state index contributed by atoms with van der Waals surface area (Å²) in [5.41, 5.74) is 5.60. The maximum absolute atomic E-state index is 13.7. The van der Waals surface area contributed by atoms with E-state index in [9.17, 15) is 9.59 Å². The van der Waals surface area contributed by atoms with E-state index in [1.54, 1.807) is 9.80 Å². The third kappa shape index (κ3) is 4.15. The summed E-state index contributed by atoms with van der Waals surface area (Å²) in [4.78, 5) is 30.3. The number of aryl methyl sites for hydroxylation is 3. The lowest BCUT2D eigenvalue weighted by molar-refractivity contribution is -0.127. The van der Waals surface area contributed by atoms with E-state index in [0.29, 0.717) is 0 Å². The molecule has 156 valence electrons. The first-order valence-corrected chi connectivity index (χ1v) is 10.5. The van der Waals surface area contributed by atoms with Crippen LogP contribution in [0.3, 0.4) is 0 Å². The van der Waals surface area contributed by atoms with Crippen LogP contribution in [0.5, 0.6) is 0 Å². The van der Waals surface area contributed by atoms with Crippen molar-refractivity contribution in [1.82, 2.24) is 0 Å². The average molecular weight is 411 g/mol. The van der Waals surface area contributed by atoms with Gasteiger partial charge in [0, 0.05) is 11.4 Å². The minimum Gasteiger partial charge on any atom is -0.301 e. The highest BCUT2D eigenvalue weighted by Crippen LogP contribution is 2.31. The molecule has 3 aromatic rings. The Kier molecular flexibility index (Phi) is 5.72. The highest BCUT2D eigenvalue weighted by molar-refractivity contribution is 6.15. The van der Waals surface area contributed by atoms with Crippen molar-refractivity contribution in [2.75, 3.05) is 16.3 Å². The largest absolute Gasteiger partial charge is 0.301 e. The van der Waals surface area contributed by atoms with Crippen molar-refractivity contribution in [3.05, 3.63) is 101 Å². The molecule has 2 amide bonds. The number of para-hydroxylation sites is 1. The first-order chi connectivity index (χ1) is 15.0. The molecule has 0 bridgehead atoms. The van der Waals surface area contributed by atoms with E-state index in [-0.39, 0.29) is 18.4 Å². The average Bonchev–Trinajstić information content (AvgIpc) is 2.76. The number of hydrogen-bond donors (Lipinski definition) is 0. The lowest BCUT2D eigenvalue weighted by atomic mass is 10.0. The number of rotatable bonds is 4. The molecule has 1 unspecified atom stereocenters. The van der Waals surface area contributed by atoms with Gasteiger partial charge in [0.1, 0.15) is 12.6 Å². The Labute approximate surface area is 183 Å². The fourth-order valence-corrected chi connectivity index (χ4v) is 4.08. The lowest BCUT2D eigenvalue weighted by Crippen LogP contribution is -2.60. The molecule has 1 fully saturated rings. The Morgan fingerprint density at radius 1 is 0.806 bits per heavy atom. The van der Waals surface area contributed by atoms with Crippen LogP contribution in [-0.2, 0) is 9.59 Å². The smallest absolute Gasteiger partial charge is 0.254 e. The van der Waals surface area contributed by atoms with Gasteiger partial charge in [0.25, 0.3) is 5.91 Å². The van der Waals surface area contributed by atoms with Crippen molar-refractivity contribution in [3.8, 4) is 0 Å². The minimum atomic E-state index is -0.720. The molecular formula is C27H26N2O2. The van der Waals surface area contributed by atoms with Gasteiger partial charge in [-0.2, -0.15) is 0 Å². The Hall–Kier alpha value is -3.66. The number of carbonyl (C=O) groups is 2. The van der Waals surface area contributed by atoms with Gasteiger partial charge in [-0.1, -0.05) is 78.4 Å². The standard InChI is InChI=1S/C27H26N2O2/c1-19-13-15-24(21(3)17-19)29-25(16-14-22-10-5-4-6-11-22)27(31)28(18-26(29)30)23-12-8-7-9-20(23)2/h4-17,25H,18H2,1-3H3. The molecule has 1 heterocycles. The van der Waals surface area contributed by atoms with Crippen LogP contribution in [0.25, 0.3) is 6.08 Å². The highest BCUT2D eigenvalue weighted by Gasteiger charge is 2.40. The van der Waals surface area contributed by atoms with E-state index in [0.717, 1.165) is 33.6 Å². The van der Waals surface area contributed by atoms with Crippen LogP contribution in [-0.4, -0.2) is 24.4 Å². The first-order valence-electron chi connectivity index (χ1n) is 10.5. The molecule has 0 radical (unpaired) electrons. The number of amides is 2. The number of hydrogen-bond acceptors (Lipinski definition) is 2. The Bertz CT molecular complexity index is 1150. The van der Waals surface area contributed by atoms with Gasteiger partial charge in [-0.15, -0.1) is 0 Å². The predicted molar refractivity (Wildman–Crippen MR) is 126 cm³/mol. The van der Waals surface area contributed by atoms with Crippen LogP contribution >= 0.6 is 0 Å². The molecule has 0 spiro atoms. The van der Waals surface area contributed by atoms with Crippen LogP contribution in [0, 0.1) is 20.8 Å². The lowest BCUT2D eigenvalue weighted by Gasteiger charge is -2.40. The number of nitrogens with zero attached hydrogens (tertiary/aromatic N) is 2. The minimum absolute atomic E-state index is 0.0205. The fourth-order valence-electron chi connectivity index (χ4n) is 4.08. The van der Waals surface area contributed by atoms with E-state index in [1.165, 1.54) is 0 Å². The molecule has 1 atom stereocenters. The van der Waals surface area contributed by atoms with Gasteiger partial charge in [-0.25, -0.2) is 0 Å². The van der Waals surface area contributed by atoms with Gasteiger partial charge in [0.05, 0.1) is 0 Å². The maximum Gasteiger partial charge on any atom is 0.254 e. The molecule has 4 rings (SSSR count). The second-order valence-electron chi connectivity index (χ2n) is 7.98. The Morgan fingerprint density at radius 3 is 2.23 bits per heavy atom. The van der Waals surface area contributed by atoms with Gasteiger partial charge >= 0.3 is 0 Å². The molecule has 31 heavy (non-hydrogen) atoms. The second kappa shape index (κ2) is 8.60. The quantitative estimate of drug-likeness (QED) is 0.602. The molecule has 0 N–H and O–H groups in total. The Morgan fingerprint density at radius 2 is 1.52 bits per heavy atom. The van der Waals surface area contributed by atoms with E-state index in [1.807, 2.05) is 106 Å². The van der Waals surface area contributed by atoms with Crippen LogP contribution < -0.4 is 9.80 Å². The van der Waals surface area contributed by atoms with E-state index >= 15 is 0 Å². The number of benzene rings is 3. The summed E-state index contributed by atoms with van der Waals surface area (Å²) < 4.78 is 0. The third-order valence-corrected chi connectivity index (χ3v) is 5.65. The summed E-state index contributed by atoms with van der Waals surface area (Å²) in [7, 11) is 0. The monoisotopic (exact) mass is 410 g/mol. The van der Waals surface area contributed by atoms with Crippen LogP contribution in [0.1, 0.15) is 22.3 Å². The van der Waals surface area contributed by atoms with Crippen molar-refractivity contribution in [3.63, 3.8) is 0 Å². The predicted octanol–water partition coefficient (Wildman–Crippen LogP) is 5.07. The van der Waals surface area contributed by atoms with E-state index in [4.69, 9.17) is 0 Å². The maximum atomic E-state index is 13.7. The molecule has 1 saturated heterocycles. The SMILES string of the molecule is Cc1ccc(N2C(=O)CN(c3ccccc3C)C(=O)C2C=Cc2ccccc2)c(C)c1. The zero-order valence-electron chi connectivity index (χ0n) is 18.1. The topological polar surface area (TPSA) is 40.6 Å². The molecule has 1 aliphatic heterocycles. The van der Waals surface area contributed by atoms with Crippen LogP contribution in [0.2, 0.25) is 0 Å². The summed E-state index contributed by atoms with van der Waals surface area (Å²) in [5.74, 6) is -0.210. The summed E-state index contributed by atoms with van der Waals surface area (Å²) in [6.45, 7) is 5.98. The normalized spacial score (nSPS) is 16.9. The molecule has 4 nitrogen and oxygen atoms in total. The molecular weight excluding hydrogens is 384 g/mol. The molecule has 0 saturated carbocycles. The Balaban J connectivity index is 1.79. The van der Waals surface area contributed by atoms with Gasteiger partial charge in [-0.05, 0) is 49.6 Å². The summed E-state index contributed by atoms with van der Waals surface area (Å²) in [6.07, 6.45) is 3.74.